The summed E-state index contributed by atoms with van der Waals surface area (Å²) in [5.41, 5.74) is 0. The predicted molar refractivity (Wildman–Crippen MR) is 54.0 cm³/mol. The van der Waals surface area contributed by atoms with Gasteiger partial charge in [-0.3, -0.25) is 0 Å². The van der Waals surface area contributed by atoms with Crippen molar-refractivity contribution in [2.24, 2.45) is 0 Å². The van der Waals surface area contributed by atoms with E-state index in [2.05, 4.69) is 0 Å². The van der Waals surface area contributed by atoms with Gasteiger partial charge in [0.2, 0.25) is 0 Å². The minimum Gasteiger partial charge on any atom is -0.458 e. The molecule has 1 rings (SSSR count). The largest absolute Gasteiger partial charge is 0.458 e. The number of esters is 1. The summed E-state index contributed by atoms with van der Waals surface area (Å²) in [7, 11) is 1.56. The maximum atomic E-state index is 11.3. The second-order valence-corrected chi connectivity index (χ2v) is 3.45. The first-order valence-corrected chi connectivity index (χ1v) is 5.26. The maximum absolute atomic E-state index is 11.3. The zero-order valence-corrected chi connectivity index (χ0v) is 9.39. The van der Waals surface area contributed by atoms with Gasteiger partial charge in [-0.15, -0.1) is 0 Å². The van der Waals surface area contributed by atoms with Gasteiger partial charge in [-0.1, -0.05) is 0 Å². The Labute approximate surface area is 94.4 Å². The van der Waals surface area contributed by atoms with Crippen molar-refractivity contribution < 1.29 is 28.8 Å². The zero-order chi connectivity index (χ0) is 11.8. The Morgan fingerprint density at radius 1 is 1.50 bits per heavy atom. The van der Waals surface area contributed by atoms with Crippen LogP contribution in [0.25, 0.3) is 0 Å². The number of carbonyl (C=O) groups excluding carboxylic acids is 1. The third-order valence-corrected chi connectivity index (χ3v) is 2.26. The van der Waals surface area contributed by atoms with Crippen LogP contribution in [0.1, 0.15) is 6.42 Å². The molecule has 1 fully saturated rings. The van der Waals surface area contributed by atoms with Crippen molar-refractivity contribution in [3.63, 3.8) is 0 Å². The lowest BCUT2D eigenvalue weighted by atomic mass is 10.2. The van der Waals surface area contributed by atoms with E-state index < -0.39 is 12.1 Å². The molecule has 6 heteroatoms. The molecule has 94 valence electrons. The number of aliphatic hydroxyl groups is 1. The average Bonchev–Trinajstić information content (AvgIpc) is 2.71. The van der Waals surface area contributed by atoms with Crippen LogP contribution in [-0.2, 0) is 23.7 Å². The molecule has 2 atom stereocenters. The van der Waals surface area contributed by atoms with Crippen LogP contribution in [0.4, 0.5) is 0 Å². The molecule has 0 aromatic carbocycles. The van der Waals surface area contributed by atoms with E-state index in [-0.39, 0.29) is 19.3 Å². The van der Waals surface area contributed by atoms with Crippen molar-refractivity contribution in [3.05, 3.63) is 0 Å². The van der Waals surface area contributed by atoms with Crippen LogP contribution in [0.15, 0.2) is 0 Å². The average molecular weight is 234 g/mol. The fraction of sp³-hybridized carbons (Fsp3) is 0.900. The van der Waals surface area contributed by atoms with Crippen molar-refractivity contribution in [3.8, 4) is 0 Å². The van der Waals surface area contributed by atoms with Crippen LogP contribution in [-0.4, -0.2) is 63.4 Å². The molecule has 1 heterocycles. The predicted octanol–water partition coefficient (Wildman–Crippen LogP) is -0.658. The minimum atomic E-state index is -0.440. The highest BCUT2D eigenvalue weighted by atomic mass is 16.6. The molecule has 0 spiro atoms. The molecule has 1 N–H and O–H groups in total. The topological polar surface area (TPSA) is 74.2 Å². The number of rotatable bonds is 7. The molecule has 1 saturated heterocycles. The van der Waals surface area contributed by atoms with E-state index in [1.165, 1.54) is 0 Å². The smallest absolute Gasteiger partial charge is 0.332 e. The van der Waals surface area contributed by atoms with Crippen LogP contribution in [0.2, 0.25) is 0 Å². The second-order valence-electron chi connectivity index (χ2n) is 3.45. The Kier molecular flexibility index (Phi) is 6.32. The number of ether oxygens (including phenoxy) is 4. The fourth-order valence-electron chi connectivity index (χ4n) is 1.43. The summed E-state index contributed by atoms with van der Waals surface area (Å²) in [4.78, 5) is 11.3. The Morgan fingerprint density at radius 2 is 2.31 bits per heavy atom. The minimum absolute atomic E-state index is 0.0992. The van der Waals surface area contributed by atoms with Gasteiger partial charge in [-0.25, -0.2) is 4.79 Å². The zero-order valence-electron chi connectivity index (χ0n) is 9.39. The van der Waals surface area contributed by atoms with Crippen molar-refractivity contribution in [1.82, 2.24) is 0 Å². The van der Waals surface area contributed by atoms with Crippen molar-refractivity contribution >= 4 is 5.97 Å². The molecule has 6 nitrogen and oxygen atoms in total. The summed E-state index contributed by atoms with van der Waals surface area (Å²) in [6.45, 7) is 1.07. The Bertz CT molecular complexity index is 207. The molecule has 0 aromatic heterocycles. The lowest BCUT2D eigenvalue weighted by molar-refractivity contribution is -0.158. The van der Waals surface area contributed by atoms with E-state index in [1.807, 2.05) is 0 Å². The van der Waals surface area contributed by atoms with E-state index in [4.69, 9.17) is 24.1 Å². The maximum Gasteiger partial charge on any atom is 0.332 e. The van der Waals surface area contributed by atoms with E-state index in [1.54, 1.807) is 7.11 Å². The first-order chi connectivity index (χ1) is 7.77. The standard InChI is InChI=1S/C10H18O6/c1-13-4-5-14-7-10(12)16-8-2-3-15-9(8)6-11/h8-9,11H,2-7H2,1H3. The number of hydrogen-bond acceptors (Lipinski definition) is 6. The molecule has 0 amide bonds. The first-order valence-electron chi connectivity index (χ1n) is 5.26. The monoisotopic (exact) mass is 234 g/mol. The van der Waals surface area contributed by atoms with Crippen molar-refractivity contribution in [2.75, 3.05) is 40.1 Å². The van der Waals surface area contributed by atoms with E-state index in [0.29, 0.717) is 26.2 Å². The molecule has 0 aromatic rings. The number of methoxy groups -OCH3 is 1. The Morgan fingerprint density at radius 3 is 3.00 bits per heavy atom. The van der Waals surface area contributed by atoms with Gasteiger partial charge >= 0.3 is 5.97 Å². The molecule has 0 bridgehead atoms. The summed E-state index contributed by atoms with van der Waals surface area (Å²) in [5.74, 6) is -0.440. The number of aliphatic hydroxyl groups excluding tert-OH is 1. The molecule has 0 aliphatic carbocycles. The fourth-order valence-corrected chi connectivity index (χ4v) is 1.43. The molecular weight excluding hydrogens is 216 g/mol. The molecule has 0 radical (unpaired) electrons. The first kappa shape index (κ1) is 13.4. The molecule has 16 heavy (non-hydrogen) atoms. The molecule has 2 unspecified atom stereocenters. The lowest BCUT2D eigenvalue weighted by Gasteiger charge is -2.16. The van der Waals surface area contributed by atoms with Crippen LogP contribution >= 0.6 is 0 Å². The van der Waals surface area contributed by atoms with Gasteiger partial charge in [0.1, 0.15) is 18.8 Å². The van der Waals surface area contributed by atoms with Gasteiger partial charge in [0.25, 0.3) is 0 Å². The van der Waals surface area contributed by atoms with Gasteiger partial charge in [-0.2, -0.15) is 0 Å². The lowest BCUT2D eigenvalue weighted by Crippen LogP contribution is -2.31. The van der Waals surface area contributed by atoms with Crippen LogP contribution in [0.3, 0.4) is 0 Å². The van der Waals surface area contributed by atoms with Gasteiger partial charge in [0.15, 0.2) is 0 Å². The van der Waals surface area contributed by atoms with E-state index >= 15 is 0 Å². The SMILES string of the molecule is COCCOCC(=O)OC1CCOC1CO. The molecule has 1 aliphatic heterocycles. The van der Waals surface area contributed by atoms with E-state index in [9.17, 15) is 4.79 Å². The molecule has 1 aliphatic rings. The molecule has 0 saturated carbocycles. The Hall–Kier alpha value is -0.690. The summed E-state index contributed by atoms with van der Waals surface area (Å²) in [6.07, 6.45) is -0.138. The summed E-state index contributed by atoms with van der Waals surface area (Å²) in [5, 5.41) is 8.93. The van der Waals surface area contributed by atoms with Crippen molar-refractivity contribution in [1.29, 1.82) is 0 Å². The molecular formula is C10H18O6. The number of hydrogen-bond donors (Lipinski definition) is 1. The quantitative estimate of drug-likeness (QED) is 0.466. The highest BCUT2D eigenvalue weighted by Crippen LogP contribution is 2.16. The third-order valence-electron chi connectivity index (χ3n) is 2.26. The second kappa shape index (κ2) is 7.56. The summed E-state index contributed by atoms with van der Waals surface area (Å²) >= 11 is 0. The van der Waals surface area contributed by atoms with Gasteiger partial charge in [0, 0.05) is 13.5 Å². The van der Waals surface area contributed by atoms with E-state index in [0.717, 1.165) is 0 Å². The number of carbonyl (C=O) groups is 1. The normalized spacial score (nSPS) is 24.6. The summed E-state index contributed by atoms with van der Waals surface area (Å²) < 4.78 is 20.0. The highest BCUT2D eigenvalue weighted by Gasteiger charge is 2.30. The summed E-state index contributed by atoms with van der Waals surface area (Å²) in [6, 6.07) is 0. The highest BCUT2D eigenvalue weighted by molar-refractivity contribution is 5.70. The van der Waals surface area contributed by atoms with Crippen LogP contribution in [0, 0.1) is 0 Å². The third kappa shape index (κ3) is 4.44. The Balaban J connectivity index is 2.13. The van der Waals surface area contributed by atoms with Gasteiger partial charge in [0.05, 0.1) is 26.4 Å². The van der Waals surface area contributed by atoms with Crippen LogP contribution in [0.5, 0.6) is 0 Å². The van der Waals surface area contributed by atoms with Crippen LogP contribution < -0.4 is 0 Å². The van der Waals surface area contributed by atoms with Crippen molar-refractivity contribution in [2.45, 2.75) is 18.6 Å². The van der Waals surface area contributed by atoms with Gasteiger partial charge < -0.3 is 24.1 Å². The van der Waals surface area contributed by atoms with Gasteiger partial charge in [-0.05, 0) is 0 Å².